The van der Waals surface area contributed by atoms with E-state index in [1.807, 2.05) is 42.5 Å². The summed E-state index contributed by atoms with van der Waals surface area (Å²) in [6, 6.07) is 52.0. The molecule has 0 saturated carbocycles. The second-order valence-corrected chi connectivity index (χ2v) is 15.2. The summed E-state index contributed by atoms with van der Waals surface area (Å²) in [5.74, 6) is 1.03. The second kappa shape index (κ2) is 12.8. The van der Waals surface area contributed by atoms with Gasteiger partial charge in [0.25, 0.3) is 0 Å². The highest BCUT2D eigenvalue weighted by atomic mass is 19.1. The molecule has 10 aromatic rings. The minimum absolute atomic E-state index is 0.227. The van der Waals surface area contributed by atoms with E-state index in [4.69, 9.17) is 9.40 Å². The van der Waals surface area contributed by atoms with Gasteiger partial charge >= 0.3 is 0 Å². The Bertz CT molecular complexity index is 3070. The molecule has 0 amide bonds. The number of hydrogen-bond acceptors (Lipinski definition) is 2. The van der Waals surface area contributed by atoms with E-state index in [2.05, 4.69) is 135 Å². The Labute approximate surface area is 319 Å². The highest BCUT2D eigenvalue weighted by molar-refractivity contribution is 6.15. The van der Waals surface area contributed by atoms with Crippen molar-refractivity contribution in [1.82, 2.24) is 9.55 Å². The van der Waals surface area contributed by atoms with Crippen LogP contribution in [0.25, 0.3) is 93.8 Å². The predicted molar refractivity (Wildman–Crippen MR) is 228 cm³/mol. The zero-order valence-corrected chi connectivity index (χ0v) is 31.3. The number of fused-ring (bicyclic) bond motifs is 7. The molecule has 0 bridgehead atoms. The molecule has 3 nitrogen and oxygen atoms in total. The summed E-state index contributed by atoms with van der Waals surface area (Å²) in [6.07, 6.45) is 0. The topological polar surface area (TPSA) is 31.0 Å². The molecule has 0 fully saturated rings. The molecule has 0 N–H and O–H groups in total. The summed E-state index contributed by atoms with van der Waals surface area (Å²) in [5, 5.41) is 6.07. The molecule has 0 saturated heterocycles. The van der Waals surface area contributed by atoms with E-state index in [1.165, 1.54) is 27.9 Å². The number of hydrogen-bond donors (Lipinski definition) is 0. The second-order valence-electron chi connectivity index (χ2n) is 15.2. The zero-order chi connectivity index (χ0) is 37.4. The van der Waals surface area contributed by atoms with E-state index in [9.17, 15) is 0 Å². The van der Waals surface area contributed by atoms with Gasteiger partial charge in [0.15, 0.2) is 0 Å². The highest BCUT2D eigenvalue weighted by Gasteiger charge is 2.27. The standard InChI is InChI=1S/C51H39FN2O/c1-30(2)40-27-36(32-14-7-5-8-15-32)28-41(31(3)4)48(40)54-49-37-19-12-11-16-33(37)23-25-45(49)53-51(54)39-21-13-20-38-43-26-35-22-24-44(52)47(34-17-9-6-10-18-34)42(35)29-46(43)55-50(38)39/h5-31H,1-4H3. The summed E-state index contributed by atoms with van der Waals surface area (Å²) in [7, 11) is 0. The number of furan rings is 1. The average Bonchev–Trinajstić information content (AvgIpc) is 3.78. The third-order valence-corrected chi connectivity index (χ3v) is 11.2. The Morgan fingerprint density at radius 3 is 1.93 bits per heavy atom. The van der Waals surface area contributed by atoms with Crippen LogP contribution in [0.4, 0.5) is 4.39 Å². The van der Waals surface area contributed by atoms with Gasteiger partial charge in [-0.3, -0.25) is 4.57 Å². The lowest BCUT2D eigenvalue weighted by Crippen LogP contribution is -2.09. The lowest BCUT2D eigenvalue weighted by molar-refractivity contribution is 0.633. The van der Waals surface area contributed by atoms with Crippen molar-refractivity contribution in [3.8, 4) is 39.3 Å². The lowest BCUT2D eigenvalue weighted by Gasteiger charge is -2.24. The maximum atomic E-state index is 15.6. The van der Waals surface area contributed by atoms with Gasteiger partial charge in [0.05, 0.1) is 22.3 Å². The molecular formula is C51H39FN2O. The van der Waals surface area contributed by atoms with Crippen LogP contribution in [0, 0.1) is 5.82 Å². The normalized spacial score (nSPS) is 12.1. The van der Waals surface area contributed by atoms with Crippen LogP contribution in [0.2, 0.25) is 0 Å². The monoisotopic (exact) mass is 714 g/mol. The van der Waals surface area contributed by atoms with Crippen molar-refractivity contribution in [2.45, 2.75) is 39.5 Å². The molecule has 2 heterocycles. The summed E-state index contributed by atoms with van der Waals surface area (Å²) in [6.45, 7) is 9.13. The first-order chi connectivity index (χ1) is 26.9. The van der Waals surface area contributed by atoms with E-state index in [0.717, 1.165) is 65.9 Å². The van der Waals surface area contributed by atoms with Crippen molar-refractivity contribution >= 4 is 54.5 Å². The van der Waals surface area contributed by atoms with Gasteiger partial charge in [-0.05, 0) is 98.3 Å². The molecule has 0 aliphatic rings. The maximum absolute atomic E-state index is 15.6. The smallest absolute Gasteiger partial charge is 0.149 e. The summed E-state index contributed by atoms with van der Waals surface area (Å²) >= 11 is 0. The predicted octanol–water partition coefficient (Wildman–Crippen LogP) is 14.6. The zero-order valence-electron chi connectivity index (χ0n) is 31.3. The summed E-state index contributed by atoms with van der Waals surface area (Å²) < 4.78 is 24.9. The molecule has 55 heavy (non-hydrogen) atoms. The summed E-state index contributed by atoms with van der Waals surface area (Å²) in [4.78, 5) is 5.49. The number of imidazole rings is 1. The van der Waals surface area contributed by atoms with E-state index >= 15 is 4.39 Å². The molecular weight excluding hydrogens is 676 g/mol. The number of benzene rings is 8. The minimum Gasteiger partial charge on any atom is -0.455 e. The fourth-order valence-electron chi connectivity index (χ4n) is 8.52. The van der Waals surface area contributed by atoms with Gasteiger partial charge in [-0.1, -0.05) is 137 Å². The van der Waals surface area contributed by atoms with Crippen LogP contribution in [-0.4, -0.2) is 9.55 Å². The fraction of sp³-hybridized carbons (Fsp3) is 0.118. The molecule has 0 aliphatic heterocycles. The first-order valence-corrected chi connectivity index (χ1v) is 19.1. The van der Waals surface area contributed by atoms with Crippen LogP contribution in [0.15, 0.2) is 156 Å². The number of nitrogens with zero attached hydrogens (tertiary/aromatic N) is 2. The van der Waals surface area contributed by atoms with Crippen LogP contribution < -0.4 is 0 Å². The van der Waals surface area contributed by atoms with Crippen molar-refractivity contribution in [1.29, 1.82) is 0 Å². The van der Waals surface area contributed by atoms with Gasteiger partial charge in [-0.15, -0.1) is 0 Å². The summed E-state index contributed by atoms with van der Waals surface area (Å²) in [5.41, 5.74) is 11.9. The molecule has 266 valence electrons. The molecule has 0 atom stereocenters. The minimum atomic E-state index is -0.254. The Balaban J connectivity index is 1.31. The Morgan fingerprint density at radius 1 is 0.545 bits per heavy atom. The number of rotatable bonds is 6. The van der Waals surface area contributed by atoms with Crippen LogP contribution in [0.5, 0.6) is 0 Å². The third kappa shape index (κ3) is 5.27. The molecule has 0 unspecified atom stereocenters. The lowest BCUT2D eigenvalue weighted by atomic mass is 9.88. The quantitative estimate of drug-likeness (QED) is 0.172. The van der Waals surface area contributed by atoms with Gasteiger partial charge in [0, 0.05) is 21.7 Å². The molecule has 0 spiro atoms. The maximum Gasteiger partial charge on any atom is 0.149 e. The molecule has 0 radical (unpaired) electrons. The molecule has 4 heteroatoms. The van der Waals surface area contributed by atoms with E-state index in [0.29, 0.717) is 11.1 Å². The van der Waals surface area contributed by atoms with Crippen molar-refractivity contribution < 1.29 is 8.81 Å². The van der Waals surface area contributed by atoms with Gasteiger partial charge in [0.1, 0.15) is 22.8 Å². The van der Waals surface area contributed by atoms with Crippen LogP contribution >= 0.6 is 0 Å². The Morgan fingerprint density at radius 2 is 1.20 bits per heavy atom. The van der Waals surface area contributed by atoms with Gasteiger partial charge in [-0.2, -0.15) is 0 Å². The van der Waals surface area contributed by atoms with E-state index in [-0.39, 0.29) is 17.7 Å². The molecule has 8 aromatic carbocycles. The fourth-order valence-corrected chi connectivity index (χ4v) is 8.52. The largest absolute Gasteiger partial charge is 0.455 e. The van der Waals surface area contributed by atoms with Crippen molar-refractivity contribution in [3.63, 3.8) is 0 Å². The number of para-hydroxylation sites is 1. The SMILES string of the molecule is CC(C)c1cc(-c2ccccc2)cc(C(C)C)c1-n1c(-c2cccc3c2oc2cc4c(-c5ccccc5)c(F)ccc4cc23)nc2ccc3ccccc3c21. The Hall–Kier alpha value is -6.52. The average molecular weight is 715 g/mol. The Kier molecular flexibility index (Phi) is 7.71. The van der Waals surface area contributed by atoms with Crippen molar-refractivity contribution in [2.24, 2.45) is 0 Å². The van der Waals surface area contributed by atoms with Gasteiger partial charge in [0.2, 0.25) is 0 Å². The van der Waals surface area contributed by atoms with Crippen molar-refractivity contribution in [3.05, 3.63) is 169 Å². The third-order valence-electron chi connectivity index (χ3n) is 11.2. The van der Waals surface area contributed by atoms with Gasteiger partial charge < -0.3 is 4.42 Å². The molecule has 10 rings (SSSR count). The first kappa shape index (κ1) is 33.1. The van der Waals surface area contributed by atoms with E-state index < -0.39 is 0 Å². The molecule has 2 aromatic heterocycles. The van der Waals surface area contributed by atoms with Crippen LogP contribution in [0.3, 0.4) is 0 Å². The van der Waals surface area contributed by atoms with Gasteiger partial charge in [-0.25, -0.2) is 9.37 Å². The van der Waals surface area contributed by atoms with Crippen molar-refractivity contribution in [2.75, 3.05) is 0 Å². The van der Waals surface area contributed by atoms with Crippen LogP contribution in [0.1, 0.15) is 50.7 Å². The van der Waals surface area contributed by atoms with E-state index in [1.54, 1.807) is 6.07 Å². The first-order valence-electron chi connectivity index (χ1n) is 19.1. The van der Waals surface area contributed by atoms with Crippen LogP contribution in [-0.2, 0) is 0 Å². The molecule has 0 aliphatic carbocycles. The number of aromatic nitrogens is 2. The number of halogens is 1. The highest BCUT2D eigenvalue weighted by Crippen LogP contribution is 2.45.